The lowest BCUT2D eigenvalue weighted by atomic mass is 10.2. The zero-order valence-electron chi connectivity index (χ0n) is 10.2. The molecule has 0 atom stereocenters. The Kier molecular flexibility index (Phi) is 4.55. The summed E-state index contributed by atoms with van der Waals surface area (Å²) in [5.41, 5.74) is 1.70. The molecule has 1 heterocycles. The molecular weight excluding hydrogens is 330 g/mol. The molecule has 0 radical (unpaired) electrons. The van der Waals surface area contributed by atoms with E-state index in [9.17, 15) is 4.79 Å². The van der Waals surface area contributed by atoms with Crippen LogP contribution in [0.2, 0.25) is 0 Å². The number of rotatable bonds is 5. The first-order valence-electron chi connectivity index (χ1n) is 5.69. The van der Waals surface area contributed by atoms with Gasteiger partial charge < -0.3 is 9.84 Å². The number of thiazole rings is 1. The quantitative estimate of drug-likeness (QED) is 0.902. The molecule has 0 saturated carbocycles. The lowest BCUT2D eigenvalue weighted by Gasteiger charge is -2.06. The summed E-state index contributed by atoms with van der Waals surface area (Å²) >= 11 is 4.83. The van der Waals surface area contributed by atoms with E-state index in [2.05, 4.69) is 20.9 Å². The number of halogens is 1. The number of nitrogens with zero attached hydrogens (tertiary/aromatic N) is 1. The standard InChI is InChI=1S/C13H12BrNO3S/c1-2-18-8-3-4-9(10(14)5-8)11-7-19-12(15-11)6-13(16)17/h3-5,7H,2,6H2,1H3,(H,16,17). The van der Waals surface area contributed by atoms with Gasteiger partial charge in [0.15, 0.2) is 0 Å². The van der Waals surface area contributed by atoms with Crippen LogP contribution in [0.1, 0.15) is 11.9 Å². The Morgan fingerprint density at radius 3 is 2.95 bits per heavy atom. The molecule has 1 aromatic carbocycles. The summed E-state index contributed by atoms with van der Waals surface area (Å²) < 4.78 is 6.29. The van der Waals surface area contributed by atoms with E-state index in [1.54, 1.807) is 0 Å². The summed E-state index contributed by atoms with van der Waals surface area (Å²) in [5, 5.41) is 11.2. The maximum atomic E-state index is 10.6. The monoisotopic (exact) mass is 341 g/mol. The summed E-state index contributed by atoms with van der Waals surface area (Å²) in [6, 6.07) is 5.67. The number of carbonyl (C=O) groups is 1. The van der Waals surface area contributed by atoms with Gasteiger partial charge in [-0.25, -0.2) is 4.98 Å². The lowest BCUT2D eigenvalue weighted by molar-refractivity contribution is -0.136. The second kappa shape index (κ2) is 6.16. The van der Waals surface area contributed by atoms with Gasteiger partial charge in [-0.3, -0.25) is 4.79 Å². The summed E-state index contributed by atoms with van der Waals surface area (Å²) in [7, 11) is 0. The molecule has 0 aliphatic carbocycles. The van der Waals surface area contributed by atoms with E-state index in [-0.39, 0.29) is 6.42 Å². The third kappa shape index (κ3) is 3.54. The average molecular weight is 342 g/mol. The van der Waals surface area contributed by atoms with Crippen molar-refractivity contribution in [2.75, 3.05) is 6.61 Å². The first-order valence-corrected chi connectivity index (χ1v) is 7.36. The lowest BCUT2D eigenvalue weighted by Crippen LogP contribution is -1.99. The van der Waals surface area contributed by atoms with E-state index in [0.29, 0.717) is 11.6 Å². The van der Waals surface area contributed by atoms with Crippen molar-refractivity contribution in [3.8, 4) is 17.0 Å². The van der Waals surface area contributed by atoms with E-state index < -0.39 is 5.97 Å². The highest BCUT2D eigenvalue weighted by atomic mass is 79.9. The Bertz CT molecular complexity index is 597. The molecule has 6 heteroatoms. The van der Waals surface area contributed by atoms with E-state index in [1.807, 2.05) is 30.5 Å². The minimum Gasteiger partial charge on any atom is -0.494 e. The molecule has 100 valence electrons. The SMILES string of the molecule is CCOc1ccc(-c2csc(CC(=O)O)n2)c(Br)c1. The fourth-order valence-electron chi connectivity index (χ4n) is 1.61. The summed E-state index contributed by atoms with van der Waals surface area (Å²) in [4.78, 5) is 15.0. The number of carboxylic acid groups (broad SMARTS) is 1. The van der Waals surface area contributed by atoms with Gasteiger partial charge in [0.05, 0.1) is 18.7 Å². The predicted octanol–water partition coefficient (Wildman–Crippen LogP) is 3.60. The highest BCUT2D eigenvalue weighted by Gasteiger charge is 2.11. The van der Waals surface area contributed by atoms with Crippen LogP contribution in [0.3, 0.4) is 0 Å². The molecule has 2 rings (SSSR count). The summed E-state index contributed by atoms with van der Waals surface area (Å²) in [6.07, 6.45) is -0.0423. The van der Waals surface area contributed by atoms with Gasteiger partial charge in [-0.05, 0) is 41.1 Å². The van der Waals surface area contributed by atoms with Gasteiger partial charge in [-0.2, -0.15) is 0 Å². The van der Waals surface area contributed by atoms with Crippen molar-refractivity contribution in [2.24, 2.45) is 0 Å². The number of aromatic nitrogens is 1. The minimum atomic E-state index is -0.869. The van der Waals surface area contributed by atoms with Crippen LogP contribution < -0.4 is 4.74 Å². The maximum Gasteiger partial charge on any atom is 0.310 e. The number of carboxylic acids is 1. The second-order valence-corrected chi connectivity index (χ2v) is 5.57. The van der Waals surface area contributed by atoms with Crippen LogP contribution in [-0.2, 0) is 11.2 Å². The topological polar surface area (TPSA) is 59.4 Å². The van der Waals surface area contributed by atoms with E-state index in [0.717, 1.165) is 21.5 Å². The predicted molar refractivity (Wildman–Crippen MR) is 77.8 cm³/mol. The number of hydrogen-bond donors (Lipinski definition) is 1. The third-order valence-electron chi connectivity index (χ3n) is 2.38. The molecular formula is C13H12BrNO3S. The Labute approximate surface area is 123 Å². The fraction of sp³-hybridized carbons (Fsp3) is 0.231. The number of hydrogen-bond acceptors (Lipinski definition) is 4. The largest absolute Gasteiger partial charge is 0.494 e. The summed E-state index contributed by atoms with van der Waals surface area (Å²) in [6.45, 7) is 2.55. The van der Waals surface area contributed by atoms with Crippen LogP contribution in [-0.4, -0.2) is 22.7 Å². The van der Waals surface area contributed by atoms with Crippen LogP contribution in [0.4, 0.5) is 0 Å². The molecule has 0 aliphatic heterocycles. The van der Waals surface area contributed by atoms with Crippen molar-refractivity contribution in [1.82, 2.24) is 4.98 Å². The number of aliphatic carboxylic acids is 1. The van der Waals surface area contributed by atoms with Crippen LogP contribution in [0.25, 0.3) is 11.3 Å². The van der Waals surface area contributed by atoms with Crippen molar-refractivity contribution in [3.05, 3.63) is 33.1 Å². The van der Waals surface area contributed by atoms with E-state index in [1.165, 1.54) is 11.3 Å². The third-order valence-corrected chi connectivity index (χ3v) is 3.89. The molecule has 0 unspecified atom stereocenters. The van der Waals surface area contributed by atoms with Crippen molar-refractivity contribution < 1.29 is 14.6 Å². The number of ether oxygens (including phenoxy) is 1. The van der Waals surface area contributed by atoms with Crippen LogP contribution in [0, 0.1) is 0 Å². The molecule has 0 spiro atoms. The molecule has 1 N–H and O–H groups in total. The minimum absolute atomic E-state index is 0.0423. The molecule has 0 aliphatic rings. The molecule has 0 amide bonds. The normalized spacial score (nSPS) is 10.4. The first-order chi connectivity index (χ1) is 9.10. The second-order valence-electron chi connectivity index (χ2n) is 3.77. The number of benzene rings is 1. The molecule has 0 saturated heterocycles. The van der Waals surface area contributed by atoms with Crippen molar-refractivity contribution in [3.63, 3.8) is 0 Å². The first kappa shape index (κ1) is 14.0. The molecule has 2 aromatic rings. The zero-order valence-corrected chi connectivity index (χ0v) is 12.6. The van der Waals surface area contributed by atoms with Crippen LogP contribution >= 0.6 is 27.3 Å². The van der Waals surface area contributed by atoms with Gasteiger partial charge in [0, 0.05) is 15.4 Å². The Hall–Kier alpha value is -1.40. The molecule has 1 aromatic heterocycles. The fourth-order valence-corrected chi connectivity index (χ4v) is 2.95. The van der Waals surface area contributed by atoms with Gasteiger partial charge in [0.1, 0.15) is 10.8 Å². The molecule has 4 nitrogen and oxygen atoms in total. The smallest absolute Gasteiger partial charge is 0.310 e. The molecule has 0 bridgehead atoms. The van der Waals surface area contributed by atoms with Crippen molar-refractivity contribution in [2.45, 2.75) is 13.3 Å². The van der Waals surface area contributed by atoms with E-state index in [4.69, 9.17) is 9.84 Å². The summed E-state index contributed by atoms with van der Waals surface area (Å²) in [5.74, 6) is -0.0780. The van der Waals surface area contributed by atoms with E-state index >= 15 is 0 Å². The van der Waals surface area contributed by atoms with Crippen molar-refractivity contribution in [1.29, 1.82) is 0 Å². The van der Waals surface area contributed by atoms with Gasteiger partial charge in [0.2, 0.25) is 0 Å². The van der Waals surface area contributed by atoms with Gasteiger partial charge >= 0.3 is 5.97 Å². The van der Waals surface area contributed by atoms with Gasteiger partial charge in [-0.1, -0.05) is 0 Å². The zero-order chi connectivity index (χ0) is 13.8. The average Bonchev–Trinajstić information content (AvgIpc) is 2.77. The van der Waals surface area contributed by atoms with Crippen molar-refractivity contribution >= 4 is 33.2 Å². The van der Waals surface area contributed by atoms with Crippen LogP contribution in [0.15, 0.2) is 28.1 Å². The van der Waals surface area contributed by atoms with Gasteiger partial charge in [0.25, 0.3) is 0 Å². The van der Waals surface area contributed by atoms with Gasteiger partial charge in [-0.15, -0.1) is 11.3 Å². The maximum absolute atomic E-state index is 10.6. The molecule has 0 fully saturated rings. The highest BCUT2D eigenvalue weighted by Crippen LogP contribution is 2.32. The Balaban J connectivity index is 2.26. The Morgan fingerprint density at radius 1 is 1.53 bits per heavy atom. The van der Waals surface area contributed by atoms with Crippen LogP contribution in [0.5, 0.6) is 5.75 Å². The Morgan fingerprint density at radius 2 is 2.32 bits per heavy atom. The highest BCUT2D eigenvalue weighted by molar-refractivity contribution is 9.10. The molecule has 19 heavy (non-hydrogen) atoms.